The molecule has 1 atom stereocenters. The van der Waals surface area contributed by atoms with Crippen molar-refractivity contribution < 1.29 is 4.79 Å². The molecule has 5 nitrogen and oxygen atoms in total. The largest absolute Gasteiger partial charge is 0.341 e. The molecule has 1 saturated heterocycles. The summed E-state index contributed by atoms with van der Waals surface area (Å²) in [4.78, 5) is 25.6. The number of carbonyl (C=O) groups excluding carboxylic acids is 1. The van der Waals surface area contributed by atoms with Crippen LogP contribution in [0.2, 0.25) is 0 Å². The number of likely N-dealkylation sites (tertiary alicyclic amines) is 1. The highest BCUT2D eigenvalue weighted by molar-refractivity contribution is 5.85. The lowest BCUT2D eigenvalue weighted by atomic mass is 9.92. The average molecular weight is 312 g/mol. The molecular weight excluding hydrogens is 290 g/mol. The molecule has 1 unspecified atom stereocenters. The summed E-state index contributed by atoms with van der Waals surface area (Å²) in [5.74, 6) is 0.213. The predicted molar refractivity (Wildman–Crippen MR) is 83.8 cm³/mol. The summed E-state index contributed by atoms with van der Waals surface area (Å²) < 4.78 is 1.84. The number of aromatic nitrogens is 1. The zero-order valence-electron chi connectivity index (χ0n) is 12.1. The SMILES string of the molecule is Cl.NC1CCc2c(ccc(=O)n2CCN2CCCC2=O)C1. The van der Waals surface area contributed by atoms with Gasteiger partial charge in [0.05, 0.1) is 0 Å². The zero-order valence-corrected chi connectivity index (χ0v) is 12.9. The topological polar surface area (TPSA) is 68.3 Å². The highest BCUT2D eigenvalue weighted by atomic mass is 35.5. The molecule has 0 saturated carbocycles. The minimum Gasteiger partial charge on any atom is -0.341 e. The smallest absolute Gasteiger partial charge is 0.250 e. The fourth-order valence-electron chi connectivity index (χ4n) is 3.26. The lowest BCUT2D eigenvalue weighted by Crippen LogP contribution is -2.36. The van der Waals surface area contributed by atoms with Crippen LogP contribution in [-0.4, -0.2) is 34.5 Å². The van der Waals surface area contributed by atoms with Gasteiger partial charge in [0, 0.05) is 43.9 Å². The molecule has 0 bridgehead atoms. The van der Waals surface area contributed by atoms with Crippen molar-refractivity contribution in [2.24, 2.45) is 5.73 Å². The Labute approximate surface area is 130 Å². The summed E-state index contributed by atoms with van der Waals surface area (Å²) in [6.45, 7) is 2.07. The Morgan fingerprint density at radius 3 is 2.71 bits per heavy atom. The van der Waals surface area contributed by atoms with Crippen LogP contribution in [0.4, 0.5) is 0 Å². The Hall–Kier alpha value is -1.33. The average Bonchev–Trinajstić information content (AvgIpc) is 2.83. The lowest BCUT2D eigenvalue weighted by molar-refractivity contribution is -0.127. The zero-order chi connectivity index (χ0) is 14.1. The minimum absolute atomic E-state index is 0. The van der Waals surface area contributed by atoms with Gasteiger partial charge in [-0.2, -0.15) is 0 Å². The van der Waals surface area contributed by atoms with E-state index < -0.39 is 0 Å². The molecule has 3 rings (SSSR count). The molecule has 1 amide bonds. The normalized spacial score (nSPS) is 21.1. The summed E-state index contributed by atoms with van der Waals surface area (Å²) in [5, 5.41) is 0. The van der Waals surface area contributed by atoms with E-state index in [9.17, 15) is 9.59 Å². The van der Waals surface area contributed by atoms with Crippen molar-refractivity contribution in [3.63, 3.8) is 0 Å². The highest BCUT2D eigenvalue weighted by Gasteiger charge is 2.22. The molecule has 2 heterocycles. The second kappa shape index (κ2) is 6.62. The van der Waals surface area contributed by atoms with Crippen molar-refractivity contribution >= 4 is 18.3 Å². The van der Waals surface area contributed by atoms with Crippen LogP contribution in [0.25, 0.3) is 0 Å². The lowest BCUT2D eigenvalue weighted by Gasteiger charge is -2.25. The first-order valence-electron chi connectivity index (χ1n) is 7.40. The number of halogens is 1. The van der Waals surface area contributed by atoms with Gasteiger partial charge in [-0.25, -0.2) is 0 Å². The summed E-state index contributed by atoms with van der Waals surface area (Å²) >= 11 is 0. The van der Waals surface area contributed by atoms with E-state index in [0.717, 1.165) is 37.9 Å². The molecular formula is C15H22ClN3O2. The maximum atomic E-state index is 12.1. The van der Waals surface area contributed by atoms with Crippen molar-refractivity contribution in [1.82, 2.24) is 9.47 Å². The fourth-order valence-corrected chi connectivity index (χ4v) is 3.26. The Bertz CT molecular complexity index is 585. The number of nitrogens with two attached hydrogens (primary N) is 1. The van der Waals surface area contributed by atoms with Crippen molar-refractivity contribution in [2.75, 3.05) is 13.1 Å². The Kier molecular flexibility index (Phi) is 5.06. The van der Waals surface area contributed by atoms with Crippen LogP contribution in [-0.2, 0) is 24.2 Å². The summed E-state index contributed by atoms with van der Waals surface area (Å²) in [7, 11) is 0. The first kappa shape index (κ1) is 16.0. The van der Waals surface area contributed by atoms with E-state index in [2.05, 4.69) is 0 Å². The second-order valence-corrected chi connectivity index (χ2v) is 5.78. The molecule has 1 aliphatic carbocycles. The van der Waals surface area contributed by atoms with Crippen LogP contribution in [0, 0.1) is 0 Å². The van der Waals surface area contributed by atoms with Gasteiger partial charge in [-0.05, 0) is 31.2 Å². The van der Waals surface area contributed by atoms with Crippen molar-refractivity contribution in [2.45, 2.75) is 44.7 Å². The van der Waals surface area contributed by atoms with Crippen LogP contribution in [0.1, 0.15) is 30.5 Å². The molecule has 116 valence electrons. The number of hydrogen-bond acceptors (Lipinski definition) is 3. The van der Waals surface area contributed by atoms with Gasteiger partial charge in [-0.3, -0.25) is 9.59 Å². The molecule has 1 fully saturated rings. The molecule has 2 N–H and O–H groups in total. The Morgan fingerprint density at radius 1 is 1.19 bits per heavy atom. The van der Waals surface area contributed by atoms with Gasteiger partial charge in [0.2, 0.25) is 5.91 Å². The fraction of sp³-hybridized carbons (Fsp3) is 0.600. The summed E-state index contributed by atoms with van der Waals surface area (Å²) in [6.07, 6.45) is 4.23. The van der Waals surface area contributed by atoms with Crippen molar-refractivity contribution in [3.8, 4) is 0 Å². The van der Waals surface area contributed by atoms with Crippen LogP contribution >= 0.6 is 12.4 Å². The van der Waals surface area contributed by atoms with Gasteiger partial charge in [-0.15, -0.1) is 12.4 Å². The molecule has 0 spiro atoms. The molecule has 1 aliphatic heterocycles. The minimum atomic E-state index is 0. The molecule has 6 heteroatoms. The van der Waals surface area contributed by atoms with E-state index in [1.165, 1.54) is 5.56 Å². The van der Waals surface area contributed by atoms with Gasteiger partial charge in [0.1, 0.15) is 0 Å². The summed E-state index contributed by atoms with van der Waals surface area (Å²) in [5.41, 5.74) is 8.33. The number of hydrogen-bond donors (Lipinski definition) is 1. The monoisotopic (exact) mass is 311 g/mol. The number of carbonyl (C=O) groups is 1. The van der Waals surface area contributed by atoms with Gasteiger partial charge < -0.3 is 15.2 Å². The van der Waals surface area contributed by atoms with Crippen LogP contribution in [0.15, 0.2) is 16.9 Å². The molecule has 21 heavy (non-hydrogen) atoms. The van der Waals surface area contributed by atoms with E-state index in [0.29, 0.717) is 19.5 Å². The van der Waals surface area contributed by atoms with Crippen LogP contribution in [0.3, 0.4) is 0 Å². The number of nitrogens with zero attached hydrogens (tertiary/aromatic N) is 2. The van der Waals surface area contributed by atoms with Gasteiger partial charge in [0.25, 0.3) is 5.56 Å². The maximum Gasteiger partial charge on any atom is 0.250 e. The van der Waals surface area contributed by atoms with Crippen LogP contribution in [0.5, 0.6) is 0 Å². The van der Waals surface area contributed by atoms with E-state index in [4.69, 9.17) is 5.73 Å². The third-order valence-corrected chi connectivity index (χ3v) is 4.39. The third kappa shape index (κ3) is 3.30. The highest BCUT2D eigenvalue weighted by Crippen LogP contribution is 2.19. The molecule has 1 aromatic heterocycles. The number of pyridine rings is 1. The van der Waals surface area contributed by atoms with E-state index in [1.54, 1.807) is 6.07 Å². The molecule has 0 aromatic carbocycles. The Balaban J connectivity index is 0.00000161. The van der Waals surface area contributed by atoms with Gasteiger partial charge in [0.15, 0.2) is 0 Å². The first-order chi connectivity index (χ1) is 9.65. The van der Waals surface area contributed by atoms with E-state index in [1.807, 2.05) is 15.5 Å². The maximum absolute atomic E-state index is 12.1. The van der Waals surface area contributed by atoms with Gasteiger partial charge in [-0.1, -0.05) is 6.07 Å². The first-order valence-corrected chi connectivity index (χ1v) is 7.40. The van der Waals surface area contributed by atoms with E-state index >= 15 is 0 Å². The standard InChI is InChI=1S/C15H21N3O2.ClH/c16-12-4-5-13-11(10-12)3-6-15(20)18(13)9-8-17-7-1-2-14(17)19;/h3,6,12H,1-2,4-5,7-10,16H2;1H. The van der Waals surface area contributed by atoms with Gasteiger partial charge >= 0.3 is 0 Å². The van der Waals surface area contributed by atoms with Crippen LogP contribution < -0.4 is 11.3 Å². The predicted octanol–water partition coefficient (Wildman–Crippen LogP) is 0.709. The third-order valence-electron chi connectivity index (χ3n) is 4.39. The molecule has 0 radical (unpaired) electrons. The molecule has 2 aliphatic rings. The van der Waals surface area contributed by atoms with Crippen molar-refractivity contribution in [3.05, 3.63) is 33.7 Å². The Morgan fingerprint density at radius 2 is 2.00 bits per heavy atom. The van der Waals surface area contributed by atoms with E-state index in [-0.39, 0.29) is 29.9 Å². The number of fused-ring (bicyclic) bond motifs is 1. The van der Waals surface area contributed by atoms with Crippen molar-refractivity contribution in [1.29, 1.82) is 0 Å². The second-order valence-electron chi connectivity index (χ2n) is 5.78. The summed E-state index contributed by atoms with van der Waals surface area (Å²) in [6, 6.07) is 3.74. The molecule has 1 aromatic rings. The number of amides is 1. The number of rotatable bonds is 3. The quantitative estimate of drug-likeness (QED) is 0.894.